The summed E-state index contributed by atoms with van der Waals surface area (Å²) >= 11 is 0. The van der Waals surface area contributed by atoms with E-state index in [0.717, 1.165) is 28.2 Å². The maximum absolute atomic E-state index is 13.4. The number of hydrogen-bond donors (Lipinski definition) is 1. The van der Waals surface area contributed by atoms with Gasteiger partial charge in [0, 0.05) is 29.2 Å². The highest BCUT2D eigenvalue weighted by atomic mass is 19.1. The molecule has 5 rings (SSSR count). The smallest absolute Gasteiger partial charge is 0.255 e. The van der Waals surface area contributed by atoms with Crippen LogP contribution in [0.1, 0.15) is 21.9 Å². The molecular formula is C27H21FN4O2. The van der Waals surface area contributed by atoms with E-state index >= 15 is 0 Å². The van der Waals surface area contributed by atoms with E-state index in [1.807, 2.05) is 47.9 Å². The lowest BCUT2D eigenvalue weighted by atomic mass is 10.1. The number of nitrogens with zero attached hydrogens (tertiary/aromatic N) is 3. The van der Waals surface area contributed by atoms with Gasteiger partial charge in [-0.1, -0.05) is 12.1 Å². The number of amides is 1. The second-order valence-corrected chi connectivity index (χ2v) is 7.77. The molecule has 3 aromatic carbocycles. The fourth-order valence-electron chi connectivity index (χ4n) is 3.76. The molecule has 0 aliphatic carbocycles. The molecule has 5 aromatic rings. The number of benzene rings is 3. The lowest BCUT2D eigenvalue weighted by molar-refractivity contribution is 0.102. The summed E-state index contributed by atoms with van der Waals surface area (Å²) in [5, 5.41) is 2.92. The van der Waals surface area contributed by atoms with Gasteiger partial charge >= 0.3 is 0 Å². The van der Waals surface area contributed by atoms with Gasteiger partial charge in [0.25, 0.3) is 5.91 Å². The number of aromatic nitrogens is 3. The van der Waals surface area contributed by atoms with E-state index in [1.165, 1.54) is 12.1 Å². The Hall–Kier alpha value is -4.52. The van der Waals surface area contributed by atoms with Gasteiger partial charge in [-0.2, -0.15) is 0 Å². The van der Waals surface area contributed by atoms with Gasteiger partial charge < -0.3 is 10.1 Å². The first-order valence-corrected chi connectivity index (χ1v) is 10.8. The van der Waals surface area contributed by atoms with Crippen LogP contribution in [0.25, 0.3) is 16.7 Å². The number of carbonyl (C=O) groups excluding carboxylic acids is 1. The third kappa shape index (κ3) is 4.49. The Morgan fingerprint density at radius 1 is 1.00 bits per heavy atom. The monoisotopic (exact) mass is 452 g/mol. The maximum Gasteiger partial charge on any atom is 0.255 e. The number of hydrogen-bond acceptors (Lipinski definition) is 4. The summed E-state index contributed by atoms with van der Waals surface area (Å²) in [6, 6.07) is 24.4. The Labute approximate surface area is 195 Å². The first-order chi connectivity index (χ1) is 16.6. The van der Waals surface area contributed by atoms with E-state index in [2.05, 4.69) is 15.3 Å². The normalized spacial score (nSPS) is 10.9. The van der Waals surface area contributed by atoms with Crippen molar-refractivity contribution >= 4 is 22.6 Å². The molecule has 34 heavy (non-hydrogen) atoms. The van der Waals surface area contributed by atoms with Crippen molar-refractivity contribution in [3.63, 3.8) is 0 Å². The lowest BCUT2D eigenvalue weighted by Gasteiger charge is -2.10. The van der Waals surface area contributed by atoms with Crippen LogP contribution in [0.5, 0.6) is 5.75 Å². The van der Waals surface area contributed by atoms with Gasteiger partial charge in [-0.3, -0.25) is 14.3 Å². The second-order valence-electron chi connectivity index (χ2n) is 7.77. The quantitative estimate of drug-likeness (QED) is 0.359. The van der Waals surface area contributed by atoms with Crippen LogP contribution in [0.15, 0.2) is 91.1 Å². The molecule has 0 fully saturated rings. The largest absolute Gasteiger partial charge is 0.487 e. The van der Waals surface area contributed by atoms with E-state index in [1.54, 1.807) is 42.6 Å². The van der Waals surface area contributed by atoms with Gasteiger partial charge in [-0.25, -0.2) is 9.37 Å². The van der Waals surface area contributed by atoms with Gasteiger partial charge in [0.05, 0.1) is 16.7 Å². The fraction of sp³-hybridized carbons (Fsp3) is 0.0741. The van der Waals surface area contributed by atoms with E-state index in [0.29, 0.717) is 23.6 Å². The molecule has 2 heterocycles. The van der Waals surface area contributed by atoms with Gasteiger partial charge in [0.2, 0.25) is 0 Å². The number of rotatable bonds is 6. The van der Waals surface area contributed by atoms with Crippen LogP contribution in [0.2, 0.25) is 0 Å². The van der Waals surface area contributed by atoms with Crippen LogP contribution in [0.3, 0.4) is 0 Å². The van der Waals surface area contributed by atoms with E-state index < -0.39 is 0 Å². The molecule has 0 radical (unpaired) electrons. The highest BCUT2D eigenvalue weighted by Gasteiger charge is 2.14. The van der Waals surface area contributed by atoms with Crippen LogP contribution in [-0.4, -0.2) is 20.4 Å². The van der Waals surface area contributed by atoms with E-state index in [9.17, 15) is 9.18 Å². The second kappa shape index (κ2) is 9.15. The maximum atomic E-state index is 13.4. The molecule has 1 amide bonds. The van der Waals surface area contributed by atoms with Crippen LogP contribution >= 0.6 is 0 Å². The minimum absolute atomic E-state index is 0.256. The number of halogens is 1. The molecule has 168 valence electrons. The van der Waals surface area contributed by atoms with Gasteiger partial charge in [-0.05, 0) is 73.7 Å². The number of fused-ring (bicyclic) bond motifs is 1. The summed E-state index contributed by atoms with van der Waals surface area (Å²) < 4.78 is 21.1. The lowest BCUT2D eigenvalue weighted by Crippen LogP contribution is -2.12. The Bertz CT molecular complexity index is 1460. The first kappa shape index (κ1) is 21.3. The first-order valence-electron chi connectivity index (χ1n) is 10.8. The Morgan fingerprint density at radius 3 is 2.65 bits per heavy atom. The van der Waals surface area contributed by atoms with Crippen molar-refractivity contribution in [3.8, 4) is 11.4 Å². The number of aryl methyl sites for hydroxylation is 1. The summed E-state index contributed by atoms with van der Waals surface area (Å²) in [4.78, 5) is 21.8. The number of carbonyl (C=O) groups is 1. The molecule has 0 saturated heterocycles. The Balaban J connectivity index is 1.36. The zero-order valence-electron chi connectivity index (χ0n) is 18.4. The summed E-state index contributed by atoms with van der Waals surface area (Å²) in [7, 11) is 0. The molecular weight excluding hydrogens is 431 g/mol. The number of nitrogens with one attached hydrogen (secondary N) is 1. The molecule has 0 aliphatic rings. The van der Waals surface area contributed by atoms with E-state index in [4.69, 9.17) is 4.74 Å². The van der Waals surface area contributed by atoms with Gasteiger partial charge in [0.15, 0.2) is 0 Å². The van der Waals surface area contributed by atoms with Crippen molar-refractivity contribution in [2.75, 3.05) is 5.32 Å². The number of ether oxygens (including phenoxy) is 1. The van der Waals surface area contributed by atoms with Gasteiger partial charge in [0.1, 0.15) is 24.0 Å². The molecule has 0 bridgehead atoms. The minimum Gasteiger partial charge on any atom is -0.487 e. The number of pyridine rings is 1. The van der Waals surface area contributed by atoms with Crippen LogP contribution in [-0.2, 0) is 6.61 Å². The molecule has 0 saturated carbocycles. The molecule has 0 spiro atoms. The zero-order valence-corrected chi connectivity index (χ0v) is 18.4. The standard InChI is InChI=1S/C27H21FN4O2/c1-18-30-25-13-8-19(15-26(25)32(18)23-11-9-20(28)10-12-23)27(33)31-21-6-4-7-24(16-21)34-17-22-5-2-3-14-29-22/h2-16H,17H2,1H3,(H,31,33). The highest BCUT2D eigenvalue weighted by molar-refractivity contribution is 6.06. The minimum atomic E-state index is -0.308. The SMILES string of the molecule is Cc1nc2ccc(C(=O)Nc3cccc(OCc4ccccn4)c3)cc2n1-c1ccc(F)cc1. The fourth-order valence-corrected chi connectivity index (χ4v) is 3.76. The van der Waals surface area contributed by atoms with Crippen LogP contribution < -0.4 is 10.1 Å². The average Bonchev–Trinajstić information content (AvgIpc) is 3.19. The van der Waals surface area contributed by atoms with Crippen molar-refractivity contribution in [1.82, 2.24) is 14.5 Å². The van der Waals surface area contributed by atoms with Crippen molar-refractivity contribution in [2.24, 2.45) is 0 Å². The summed E-state index contributed by atoms with van der Waals surface area (Å²) in [5.74, 6) is 0.811. The summed E-state index contributed by atoms with van der Waals surface area (Å²) in [5.41, 5.74) is 4.21. The molecule has 6 nitrogen and oxygen atoms in total. The van der Waals surface area contributed by atoms with Crippen molar-refractivity contribution < 1.29 is 13.9 Å². The van der Waals surface area contributed by atoms with Crippen molar-refractivity contribution in [2.45, 2.75) is 13.5 Å². The summed E-state index contributed by atoms with van der Waals surface area (Å²) in [6.07, 6.45) is 1.72. The predicted octanol–water partition coefficient (Wildman–Crippen LogP) is 5.70. The molecule has 0 unspecified atom stereocenters. The topological polar surface area (TPSA) is 69.0 Å². The Morgan fingerprint density at radius 2 is 1.85 bits per heavy atom. The Kier molecular flexibility index (Phi) is 5.74. The predicted molar refractivity (Wildman–Crippen MR) is 129 cm³/mol. The molecule has 1 N–H and O–H groups in total. The molecule has 2 aromatic heterocycles. The highest BCUT2D eigenvalue weighted by Crippen LogP contribution is 2.24. The average molecular weight is 452 g/mol. The van der Waals surface area contributed by atoms with Gasteiger partial charge in [-0.15, -0.1) is 0 Å². The zero-order chi connectivity index (χ0) is 23.5. The van der Waals surface area contributed by atoms with Crippen LogP contribution in [0.4, 0.5) is 10.1 Å². The third-order valence-electron chi connectivity index (χ3n) is 5.37. The summed E-state index contributed by atoms with van der Waals surface area (Å²) in [6.45, 7) is 2.21. The number of anilines is 1. The van der Waals surface area contributed by atoms with Crippen LogP contribution in [0, 0.1) is 12.7 Å². The van der Waals surface area contributed by atoms with E-state index in [-0.39, 0.29) is 11.7 Å². The molecule has 0 aliphatic heterocycles. The van der Waals surface area contributed by atoms with Crippen molar-refractivity contribution in [1.29, 1.82) is 0 Å². The third-order valence-corrected chi connectivity index (χ3v) is 5.37. The number of imidazole rings is 1. The van der Waals surface area contributed by atoms with Crippen molar-refractivity contribution in [3.05, 3.63) is 114 Å². The molecule has 7 heteroatoms. The molecule has 0 atom stereocenters.